The molecule has 0 aromatic heterocycles. The van der Waals surface area contributed by atoms with Crippen LogP contribution in [-0.4, -0.2) is 45.2 Å². The Labute approximate surface area is 177 Å². The van der Waals surface area contributed by atoms with E-state index in [1.165, 1.54) is 43.5 Å². The largest absolute Gasteiger partial charge is 0.385 e. The lowest BCUT2D eigenvalue weighted by Gasteiger charge is -2.42. The number of methoxy groups -OCH3 is 1. The van der Waals surface area contributed by atoms with Crippen LogP contribution in [0.15, 0.2) is 29.3 Å². The van der Waals surface area contributed by atoms with E-state index in [2.05, 4.69) is 20.9 Å². The van der Waals surface area contributed by atoms with Crippen LogP contribution in [0.4, 0.5) is 10.1 Å². The molecule has 1 aromatic rings. The Balaban J connectivity index is 0.00000364. The number of ether oxygens (including phenoxy) is 1. The summed E-state index contributed by atoms with van der Waals surface area (Å²) in [5.41, 5.74) is 0.820. The minimum atomic E-state index is -0.335. The van der Waals surface area contributed by atoms with Gasteiger partial charge < -0.3 is 20.7 Å². The molecule has 0 radical (unpaired) electrons. The smallest absolute Gasteiger partial charge is 0.246 e. The van der Waals surface area contributed by atoms with Crippen molar-refractivity contribution >= 4 is 41.5 Å². The lowest BCUT2D eigenvalue weighted by molar-refractivity contribution is -0.114. The number of benzene rings is 1. The third-order valence-corrected chi connectivity index (χ3v) is 4.73. The Kier molecular flexibility index (Phi) is 10.6. The van der Waals surface area contributed by atoms with E-state index in [4.69, 9.17) is 4.74 Å². The quantitative estimate of drug-likeness (QED) is 0.282. The summed E-state index contributed by atoms with van der Waals surface area (Å²) in [5, 5.41) is 9.22. The van der Waals surface area contributed by atoms with Crippen LogP contribution in [0.5, 0.6) is 0 Å². The zero-order chi connectivity index (χ0) is 18.8. The molecule has 0 saturated heterocycles. The number of nitrogens with one attached hydrogen (secondary N) is 3. The Morgan fingerprint density at radius 3 is 2.52 bits per heavy atom. The number of rotatable bonds is 9. The number of carbonyl (C=O) groups is 1. The van der Waals surface area contributed by atoms with E-state index in [1.807, 2.05) is 6.92 Å². The molecule has 1 saturated carbocycles. The average molecular weight is 492 g/mol. The van der Waals surface area contributed by atoms with Gasteiger partial charge in [0, 0.05) is 32.5 Å². The molecule has 0 aliphatic heterocycles. The molecule has 0 unspecified atom stereocenters. The molecule has 1 fully saturated rings. The molecule has 1 aliphatic rings. The van der Waals surface area contributed by atoms with Gasteiger partial charge in [0.25, 0.3) is 0 Å². The van der Waals surface area contributed by atoms with Crippen molar-refractivity contribution in [3.8, 4) is 0 Å². The molecule has 152 valence electrons. The first kappa shape index (κ1) is 23.6. The number of nitrogens with zero attached hydrogens (tertiary/aromatic N) is 1. The van der Waals surface area contributed by atoms with Crippen molar-refractivity contribution in [1.82, 2.24) is 10.6 Å². The van der Waals surface area contributed by atoms with Gasteiger partial charge in [-0.2, -0.15) is 0 Å². The molecule has 6 nitrogen and oxygen atoms in total. The van der Waals surface area contributed by atoms with Gasteiger partial charge in [-0.1, -0.05) is 6.42 Å². The fraction of sp³-hybridized carbons (Fsp3) is 0.579. The lowest BCUT2D eigenvalue weighted by Crippen LogP contribution is -2.47. The third kappa shape index (κ3) is 8.00. The monoisotopic (exact) mass is 492 g/mol. The summed E-state index contributed by atoms with van der Waals surface area (Å²) >= 11 is 0. The number of amides is 1. The molecule has 8 heteroatoms. The number of halogens is 2. The molecule has 0 spiro atoms. The van der Waals surface area contributed by atoms with Crippen molar-refractivity contribution in [2.75, 3.05) is 38.7 Å². The van der Waals surface area contributed by atoms with Gasteiger partial charge in [-0.15, -0.1) is 24.0 Å². The van der Waals surface area contributed by atoms with Crippen molar-refractivity contribution in [3.05, 3.63) is 30.1 Å². The topological polar surface area (TPSA) is 74.8 Å². The summed E-state index contributed by atoms with van der Waals surface area (Å²) in [6, 6.07) is 5.66. The van der Waals surface area contributed by atoms with Crippen LogP contribution in [0.25, 0.3) is 0 Å². The van der Waals surface area contributed by atoms with Crippen LogP contribution in [-0.2, 0) is 9.53 Å². The molecule has 3 N–H and O–H groups in total. The number of aliphatic imine (C=N–C) groups is 1. The number of anilines is 1. The molecule has 2 rings (SSSR count). The predicted octanol–water partition coefficient (Wildman–Crippen LogP) is 3.14. The Hall–Kier alpha value is -1.42. The predicted molar refractivity (Wildman–Crippen MR) is 117 cm³/mol. The van der Waals surface area contributed by atoms with Crippen LogP contribution < -0.4 is 16.0 Å². The second-order valence-corrected chi connectivity index (χ2v) is 6.70. The number of carbonyl (C=O) groups excluding carboxylic acids is 1. The number of hydrogen-bond donors (Lipinski definition) is 3. The van der Waals surface area contributed by atoms with E-state index in [9.17, 15) is 9.18 Å². The van der Waals surface area contributed by atoms with Crippen LogP contribution >= 0.6 is 24.0 Å². The SMILES string of the molecule is CCNC(=NCC(=O)Nc1ccc(F)cc1)NCC1(CCOC)CCC1.I. The van der Waals surface area contributed by atoms with Gasteiger partial charge in [0.2, 0.25) is 5.91 Å². The van der Waals surface area contributed by atoms with Crippen LogP contribution in [0.1, 0.15) is 32.6 Å². The van der Waals surface area contributed by atoms with E-state index < -0.39 is 0 Å². The van der Waals surface area contributed by atoms with Gasteiger partial charge in [-0.05, 0) is 55.9 Å². The first-order chi connectivity index (χ1) is 12.6. The highest BCUT2D eigenvalue weighted by Crippen LogP contribution is 2.43. The van der Waals surface area contributed by atoms with Crippen molar-refractivity contribution in [3.63, 3.8) is 0 Å². The van der Waals surface area contributed by atoms with Crippen LogP contribution in [0, 0.1) is 11.2 Å². The molecule has 0 heterocycles. The Bertz CT molecular complexity index is 606. The van der Waals surface area contributed by atoms with Crippen LogP contribution in [0.2, 0.25) is 0 Å². The standard InChI is InChI=1S/C19H29FN4O2.HI/c1-3-21-18(23-14-19(9-4-10-19)11-12-26-2)22-13-17(25)24-16-7-5-15(20)6-8-16;/h5-8H,3-4,9-14H2,1-2H3,(H,24,25)(H2,21,22,23);1H. The Morgan fingerprint density at radius 2 is 1.96 bits per heavy atom. The molecule has 0 atom stereocenters. The van der Waals surface area contributed by atoms with Gasteiger partial charge in [-0.25, -0.2) is 9.38 Å². The van der Waals surface area contributed by atoms with Crippen molar-refractivity contribution in [2.45, 2.75) is 32.6 Å². The highest BCUT2D eigenvalue weighted by atomic mass is 127. The zero-order valence-electron chi connectivity index (χ0n) is 16.0. The summed E-state index contributed by atoms with van der Waals surface area (Å²) in [6.07, 6.45) is 4.65. The fourth-order valence-corrected chi connectivity index (χ4v) is 3.01. The van der Waals surface area contributed by atoms with Gasteiger partial charge in [0.05, 0.1) is 0 Å². The van der Waals surface area contributed by atoms with E-state index in [0.29, 0.717) is 11.6 Å². The lowest BCUT2D eigenvalue weighted by atomic mass is 9.67. The minimum Gasteiger partial charge on any atom is -0.385 e. The highest BCUT2D eigenvalue weighted by Gasteiger charge is 2.36. The molecular weight excluding hydrogens is 462 g/mol. The maximum atomic E-state index is 12.9. The fourth-order valence-electron chi connectivity index (χ4n) is 3.01. The minimum absolute atomic E-state index is 0. The Morgan fingerprint density at radius 1 is 1.26 bits per heavy atom. The molecule has 27 heavy (non-hydrogen) atoms. The van der Waals surface area contributed by atoms with Crippen LogP contribution in [0.3, 0.4) is 0 Å². The molecule has 1 aromatic carbocycles. The van der Waals surface area contributed by atoms with E-state index in [-0.39, 0.29) is 47.7 Å². The summed E-state index contributed by atoms with van der Waals surface area (Å²) in [7, 11) is 1.73. The maximum absolute atomic E-state index is 12.9. The normalized spacial score (nSPS) is 15.3. The van der Waals surface area contributed by atoms with E-state index in [1.54, 1.807) is 7.11 Å². The average Bonchev–Trinajstić information content (AvgIpc) is 2.60. The first-order valence-electron chi connectivity index (χ1n) is 9.13. The summed E-state index contributed by atoms with van der Waals surface area (Å²) in [5.74, 6) is 0.0510. The number of guanidine groups is 1. The second-order valence-electron chi connectivity index (χ2n) is 6.70. The first-order valence-corrected chi connectivity index (χ1v) is 9.13. The van der Waals surface area contributed by atoms with Crippen molar-refractivity contribution in [2.24, 2.45) is 10.4 Å². The van der Waals surface area contributed by atoms with Crippen molar-refractivity contribution in [1.29, 1.82) is 0 Å². The van der Waals surface area contributed by atoms with E-state index >= 15 is 0 Å². The summed E-state index contributed by atoms with van der Waals surface area (Å²) < 4.78 is 18.1. The molecule has 1 aliphatic carbocycles. The zero-order valence-corrected chi connectivity index (χ0v) is 18.3. The van der Waals surface area contributed by atoms with Gasteiger partial charge in [-0.3, -0.25) is 4.79 Å². The maximum Gasteiger partial charge on any atom is 0.246 e. The van der Waals surface area contributed by atoms with Gasteiger partial charge in [0.1, 0.15) is 12.4 Å². The van der Waals surface area contributed by atoms with Gasteiger partial charge in [0.15, 0.2) is 5.96 Å². The molecule has 0 bridgehead atoms. The highest BCUT2D eigenvalue weighted by molar-refractivity contribution is 14.0. The number of hydrogen-bond acceptors (Lipinski definition) is 3. The molecular formula is C19H30FIN4O2. The third-order valence-electron chi connectivity index (χ3n) is 4.73. The second kappa shape index (κ2) is 12.1. The van der Waals surface area contributed by atoms with Crippen molar-refractivity contribution < 1.29 is 13.9 Å². The van der Waals surface area contributed by atoms with E-state index in [0.717, 1.165) is 26.1 Å². The summed E-state index contributed by atoms with van der Waals surface area (Å²) in [6.45, 7) is 4.28. The summed E-state index contributed by atoms with van der Waals surface area (Å²) in [4.78, 5) is 16.4. The molecule has 1 amide bonds. The van der Waals surface area contributed by atoms with Gasteiger partial charge >= 0.3 is 0 Å².